The summed E-state index contributed by atoms with van der Waals surface area (Å²) in [5.41, 5.74) is 3.39. The van der Waals surface area contributed by atoms with Gasteiger partial charge < -0.3 is 5.32 Å². The van der Waals surface area contributed by atoms with Crippen LogP contribution in [0.25, 0.3) is 0 Å². The van der Waals surface area contributed by atoms with Gasteiger partial charge in [-0.1, -0.05) is 36.4 Å². The molecule has 0 unspecified atom stereocenters. The molecule has 1 atom stereocenters. The zero-order valence-corrected chi connectivity index (χ0v) is 14.1. The average molecular weight is 344 g/mol. The Labute approximate surface area is 141 Å². The van der Waals surface area contributed by atoms with Crippen LogP contribution < -0.4 is 10.5 Å². The maximum absolute atomic E-state index is 12.5. The molecule has 24 heavy (non-hydrogen) atoms. The number of carbonyl (C=O) groups excluding carboxylic acids is 1. The molecule has 0 fully saturated rings. The summed E-state index contributed by atoms with van der Waals surface area (Å²) in [4.78, 5) is 12.5. The molecule has 2 aromatic rings. The van der Waals surface area contributed by atoms with Crippen molar-refractivity contribution < 1.29 is 13.2 Å². The van der Waals surface area contributed by atoms with Crippen LogP contribution in [0.3, 0.4) is 0 Å². The lowest BCUT2D eigenvalue weighted by Crippen LogP contribution is -2.31. The lowest BCUT2D eigenvalue weighted by molar-refractivity contribution is 0.0932. The number of carbonyl (C=O) groups is 1. The average Bonchev–Trinajstić information content (AvgIpc) is 2.54. The summed E-state index contributed by atoms with van der Waals surface area (Å²) in [5, 5.41) is 8.13. The number of hydrogen-bond donors (Lipinski definition) is 2. The highest BCUT2D eigenvalue weighted by molar-refractivity contribution is 7.88. The van der Waals surface area contributed by atoms with Crippen LogP contribution in [0.15, 0.2) is 48.5 Å². The molecule has 5 nitrogen and oxygen atoms in total. The van der Waals surface area contributed by atoms with Crippen LogP contribution >= 0.6 is 0 Å². The van der Waals surface area contributed by atoms with E-state index in [9.17, 15) is 13.2 Å². The summed E-state index contributed by atoms with van der Waals surface area (Å²) in [6.45, 7) is 0. The summed E-state index contributed by atoms with van der Waals surface area (Å²) in [5.74, 6) is -0.478. The first-order valence-electron chi connectivity index (χ1n) is 7.90. The van der Waals surface area contributed by atoms with Crippen LogP contribution in [0.2, 0.25) is 0 Å². The lowest BCUT2D eigenvalue weighted by atomic mass is 9.87. The summed E-state index contributed by atoms with van der Waals surface area (Å²) in [7, 11) is -3.62. The van der Waals surface area contributed by atoms with Crippen LogP contribution in [0, 0.1) is 0 Å². The number of aryl methyl sites for hydroxylation is 1. The molecule has 1 aliphatic carbocycles. The quantitative estimate of drug-likeness (QED) is 0.892. The maximum Gasteiger partial charge on any atom is 0.251 e. The minimum absolute atomic E-state index is 0.00986. The third-order valence-electron chi connectivity index (χ3n) is 4.23. The third kappa shape index (κ3) is 4.01. The maximum atomic E-state index is 12.5. The van der Waals surface area contributed by atoms with E-state index in [1.54, 1.807) is 24.3 Å². The Hall–Kier alpha value is -2.18. The number of primary sulfonamides is 1. The Balaban J connectivity index is 1.78. The predicted molar refractivity (Wildman–Crippen MR) is 92.8 cm³/mol. The van der Waals surface area contributed by atoms with Crippen LogP contribution in [-0.2, 0) is 22.2 Å². The molecule has 0 aliphatic heterocycles. The van der Waals surface area contributed by atoms with Crippen molar-refractivity contribution in [3.63, 3.8) is 0 Å². The van der Waals surface area contributed by atoms with Crippen molar-refractivity contribution in [2.75, 3.05) is 0 Å². The van der Waals surface area contributed by atoms with Crippen molar-refractivity contribution >= 4 is 15.9 Å². The molecule has 0 heterocycles. The zero-order valence-electron chi connectivity index (χ0n) is 13.2. The second-order valence-electron chi connectivity index (χ2n) is 6.12. The van der Waals surface area contributed by atoms with Gasteiger partial charge in [0.2, 0.25) is 10.0 Å². The van der Waals surface area contributed by atoms with E-state index in [-0.39, 0.29) is 17.7 Å². The van der Waals surface area contributed by atoms with E-state index in [1.807, 2.05) is 12.1 Å². The van der Waals surface area contributed by atoms with Crippen LogP contribution in [-0.4, -0.2) is 14.3 Å². The molecular weight excluding hydrogens is 324 g/mol. The molecule has 1 aliphatic rings. The van der Waals surface area contributed by atoms with Gasteiger partial charge in [0.25, 0.3) is 5.91 Å². The minimum atomic E-state index is -3.62. The highest BCUT2D eigenvalue weighted by atomic mass is 32.2. The van der Waals surface area contributed by atoms with Crippen molar-refractivity contribution in [1.82, 2.24) is 5.32 Å². The Kier molecular flexibility index (Phi) is 4.69. The number of hydrogen-bond acceptors (Lipinski definition) is 3. The van der Waals surface area contributed by atoms with Gasteiger partial charge in [0.1, 0.15) is 0 Å². The van der Waals surface area contributed by atoms with Gasteiger partial charge in [-0.15, -0.1) is 0 Å². The van der Waals surface area contributed by atoms with Crippen molar-refractivity contribution in [2.45, 2.75) is 31.1 Å². The molecular formula is C18H20N2O3S. The number of fused-ring (bicyclic) bond motifs is 1. The van der Waals surface area contributed by atoms with Crippen molar-refractivity contribution in [1.29, 1.82) is 0 Å². The van der Waals surface area contributed by atoms with Gasteiger partial charge in [-0.25, -0.2) is 13.6 Å². The first-order valence-corrected chi connectivity index (χ1v) is 9.62. The van der Waals surface area contributed by atoms with Gasteiger partial charge in [-0.3, -0.25) is 4.79 Å². The molecule has 0 saturated carbocycles. The molecule has 0 bridgehead atoms. The van der Waals surface area contributed by atoms with Gasteiger partial charge in [0.15, 0.2) is 0 Å². The Morgan fingerprint density at radius 2 is 1.96 bits per heavy atom. The highest BCUT2D eigenvalue weighted by Gasteiger charge is 2.22. The standard InChI is InChI=1S/C18H20N2O3S/c19-24(22,23)12-13-5-3-8-15(11-13)18(21)20-17-10-4-7-14-6-1-2-9-16(14)17/h1-3,5-6,8-9,11,17H,4,7,10,12H2,(H,20,21)(H2,19,22,23)/t17-/m1/s1. The molecule has 0 spiro atoms. The van der Waals surface area contributed by atoms with Crippen molar-refractivity contribution in [3.8, 4) is 0 Å². The van der Waals surface area contributed by atoms with Crippen molar-refractivity contribution in [3.05, 3.63) is 70.8 Å². The van der Waals surface area contributed by atoms with Gasteiger partial charge in [-0.2, -0.15) is 0 Å². The van der Waals surface area contributed by atoms with E-state index < -0.39 is 10.0 Å². The molecule has 6 heteroatoms. The molecule has 0 aromatic heterocycles. The van der Waals surface area contributed by atoms with Crippen LogP contribution in [0.5, 0.6) is 0 Å². The number of nitrogens with one attached hydrogen (secondary N) is 1. The number of rotatable bonds is 4. The number of nitrogens with two attached hydrogens (primary N) is 1. The molecule has 3 N–H and O–H groups in total. The van der Waals surface area contributed by atoms with Gasteiger partial charge in [0, 0.05) is 5.56 Å². The second-order valence-corrected chi connectivity index (χ2v) is 7.74. The summed E-state index contributed by atoms with van der Waals surface area (Å²) < 4.78 is 22.4. The van der Waals surface area contributed by atoms with Crippen LogP contribution in [0.4, 0.5) is 0 Å². The normalized spacial score (nSPS) is 17.1. The third-order valence-corrected chi connectivity index (χ3v) is 4.97. The van der Waals surface area contributed by atoms with E-state index in [4.69, 9.17) is 5.14 Å². The number of sulfonamides is 1. The first kappa shape index (κ1) is 16.7. The van der Waals surface area contributed by atoms with Gasteiger partial charge in [-0.05, 0) is 48.1 Å². The SMILES string of the molecule is NS(=O)(=O)Cc1cccc(C(=O)N[C@@H]2CCCc3ccccc32)c1. The van der Waals surface area contributed by atoms with Crippen molar-refractivity contribution in [2.24, 2.45) is 5.14 Å². The fourth-order valence-electron chi connectivity index (χ4n) is 3.18. The molecule has 1 amide bonds. The smallest absolute Gasteiger partial charge is 0.251 e. The number of amides is 1. The van der Waals surface area contributed by atoms with E-state index in [0.29, 0.717) is 11.1 Å². The molecule has 0 radical (unpaired) electrons. The molecule has 2 aromatic carbocycles. The summed E-state index contributed by atoms with van der Waals surface area (Å²) in [6, 6.07) is 14.7. The minimum Gasteiger partial charge on any atom is -0.345 e. The lowest BCUT2D eigenvalue weighted by Gasteiger charge is -2.26. The second kappa shape index (κ2) is 6.75. The molecule has 0 saturated heterocycles. The summed E-state index contributed by atoms with van der Waals surface area (Å²) >= 11 is 0. The Morgan fingerprint density at radius 3 is 2.75 bits per heavy atom. The van der Waals surface area contributed by atoms with E-state index in [1.165, 1.54) is 5.56 Å². The monoisotopic (exact) mass is 344 g/mol. The molecule has 126 valence electrons. The van der Waals surface area contributed by atoms with Crippen LogP contribution in [0.1, 0.15) is 45.9 Å². The van der Waals surface area contributed by atoms with Gasteiger partial charge in [0.05, 0.1) is 11.8 Å². The first-order chi connectivity index (χ1) is 11.4. The fraction of sp³-hybridized carbons (Fsp3) is 0.278. The zero-order chi connectivity index (χ0) is 17.2. The van der Waals surface area contributed by atoms with E-state index in [0.717, 1.165) is 24.8 Å². The summed E-state index contributed by atoms with van der Waals surface area (Å²) in [6.07, 6.45) is 2.97. The largest absolute Gasteiger partial charge is 0.345 e. The fourth-order valence-corrected chi connectivity index (χ4v) is 3.82. The Morgan fingerprint density at radius 1 is 1.17 bits per heavy atom. The van der Waals surface area contributed by atoms with Gasteiger partial charge >= 0.3 is 0 Å². The van der Waals surface area contributed by atoms with E-state index in [2.05, 4.69) is 17.4 Å². The molecule has 3 rings (SSSR count). The Bertz CT molecular complexity index is 862. The topological polar surface area (TPSA) is 89.3 Å². The van der Waals surface area contributed by atoms with E-state index >= 15 is 0 Å². The predicted octanol–water partition coefficient (Wildman–Crippen LogP) is 2.28. The number of benzene rings is 2. The highest BCUT2D eigenvalue weighted by Crippen LogP contribution is 2.29.